The third kappa shape index (κ3) is 11.2. The second-order valence-electron chi connectivity index (χ2n) is 15.2. The molecule has 4 aromatic heterocycles. The van der Waals surface area contributed by atoms with Gasteiger partial charge in [0.15, 0.2) is 0 Å². The van der Waals surface area contributed by atoms with Crippen LogP contribution in [0.3, 0.4) is 0 Å². The molecule has 64 heavy (non-hydrogen) atoms. The van der Waals surface area contributed by atoms with Crippen LogP contribution in [-0.4, -0.2) is 106 Å². The molecule has 326 valence electrons. The smallest absolute Gasteiger partial charge is 0.119 e. The first-order valence-electron chi connectivity index (χ1n) is 21.7. The Kier molecular flexibility index (Phi) is 14.3. The maximum absolute atomic E-state index is 5.94. The quantitative estimate of drug-likeness (QED) is 0.0430. The predicted molar refractivity (Wildman–Crippen MR) is 244 cm³/mol. The standard InChI is InChI=1S/C50H50N8O6/c1-2-6-37(5-1)47-35-57(55-53-47)23-25-59-27-29-61-31-33-63-43-17-11-39(12-18-43)45-21-15-41-9-10-42-16-22-46(52-50(42)49(41)51-45)40-13-19-44(20-14-40)64-34-32-62-30-28-60-26-24-58-36-48(54-56-58)38-7-3-4-8-38/h1-22,35-38H,23-34H2. The molecule has 0 fully saturated rings. The van der Waals surface area contributed by atoms with Crippen LogP contribution in [0.4, 0.5) is 0 Å². The summed E-state index contributed by atoms with van der Waals surface area (Å²) in [6, 6.07) is 28.4. The van der Waals surface area contributed by atoms with Gasteiger partial charge in [0, 0.05) is 46.1 Å². The van der Waals surface area contributed by atoms with Crippen LogP contribution in [0.25, 0.3) is 44.3 Å². The number of ether oxygens (including phenoxy) is 6. The normalized spacial score (nSPS) is 13.6. The van der Waals surface area contributed by atoms with Crippen LogP contribution in [0.15, 0.2) is 146 Å². The number of aromatic nitrogens is 8. The molecule has 0 aliphatic heterocycles. The van der Waals surface area contributed by atoms with E-state index in [9.17, 15) is 0 Å². The van der Waals surface area contributed by atoms with Crippen LogP contribution in [0, 0.1) is 0 Å². The van der Waals surface area contributed by atoms with Crippen LogP contribution in [-0.2, 0) is 32.0 Å². The summed E-state index contributed by atoms with van der Waals surface area (Å²) in [5.74, 6) is 1.96. The molecule has 14 nitrogen and oxygen atoms in total. The molecule has 0 bridgehead atoms. The average molecular weight is 859 g/mol. The summed E-state index contributed by atoms with van der Waals surface area (Å²) in [6.45, 7) is 6.15. The Balaban J connectivity index is 0.686. The van der Waals surface area contributed by atoms with E-state index < -0.39 is 0 Å². The second-order valence-corrected chi connectivity index (χ2v) is 15.2. The van der Waals surface area contributed by atoms with Crippen LogP contribution in [0.5, 0.6) is 11.5 Å². The van der Waals surface area contributed by atoms with Crippen molar-refractivity contribution in [3.05, 3.63) is 157 Å². The van der Waals surface area contributed by atoms with Crippen molar-refractivity contribution in [3.8, 4) is 34.0 Å². The minimum Gasteiger partial charge on any atom is -0.491 e. The number of fused-ring (bicyclic) bond motifs is 3. The molecule has 0 amide bonds. The zero-order chi connectivity index (χ0) is 43.2. The third-order valence-corrected chi connectivity index (χ3v) is 10.8. The van der Waals surface area contributed by atoms with E-state index in [0.29, 0.717) is 79.2 Å². The Bertz CT molecular complexity index is 2520. The van der Waals surface area contributed by atoms with Gasteiger partial charge in [-0.15, -0.1) is 10.2 Å². The molecule has 3 aromatic carbocycles. The predicted octanol–water partition coefficient (Wildman–Crippen LogP) is 7.94. The topological polar surface area (TPSA) is 143 Å². The fourth-order valence-corrected chi connectivity index (χ4v) is 7.34. The van der Waals surface area contributed by atoms with Gasteiger partial charge in [0.05, 0.1) is 99.8 Å². The van der Waals surface area contributed by atoms with Gasteiger partial charge < -0.3 is 28.4 Å². The van der Waals surface area contributed by atoms with E-state index in [1.165, 1.54) is 0 Å². The molecule has 0 saturated carbocycles. The first-order valence-corrected chi connectivity index (χ1v) is 21.7. The fourth-order valence-electron chi connectivity index (χ4n) is 7.34. The first-order chi connectivity index (χ1) is 31.7. The summed E-state index contributed by atoms with van der Waals surface area (Å²) in [5, 5.41) is 18.9. The van der Waals surface area contributed by atoms with Gasteiger partial charge in [0.1, 0.15) is 24.7 Å². The van der Waals surface area contributed by atoms with Crippen molar-refractivity contribution in [2.45, 2.75) is 24.9 Å². The van der Waals surface area contributed by atoms with Gasteiger partial charge in [-0.25, -0.2) is 19.3 Å². The minimum absolute atomic E-state index is 0.213. The number of benzene rings is 3. The lowest BCUT2D eigenvalue weighted by molar-refractivity contribution is 0.0333. The van der Waals surface area contributed by atoms with Crippen molar-refractivity contribution in [1.82, 2.24) is 40.0 Å². The van der Waals surface area contributed by atoms with Crippen LogP contribution >= 0.6 is 0 Å². The van der Waals surface area contributed by atoms with E-state index in [0.717, 1.165) is 67.2 Å². The van der Waals surface area contributed by atoms with Crippen molar-refractivity contribution in [2.24, 2.45) is 0 Å². The van der Waals surface area contributed by atoms with Gasteiger partial charge in [0.25, 0.3) is 0 Å². The summed E-state index contributed by atoms with van der Waals surface area (Å²) in [5.41, 5.74) is 7.29. The van der Waals surface area contributed by atoms with E-state index in [1.54, 1.807) is 0 Å². The molecule has 0 radical (unpaired) electrons. The highest BCUT2D eigenvalue weighted by atomic mass is 16.5. The third-order valence-electron chi connectivity index (χ3n) is 10.8. The van der Waals surface area contributed by atoms with E-state index >= 15 is 0 Å². The van der Waals surface area contributed by atoms with Crippen molar-refractivity contribution in [2.75, 3.05) is 66.1 Å². The second kappa shape index (κ2) is 21.5. The Hall–Kier alpha value is -6.84. The lowest BCUT2D eigenvalue weighted by Gasteiger charge is -2.10. The summed E-state index contributed by atoms with van der Waals surface area (Å²) >= 11 is 0. The van der Waals surface area contributed by atoms with Gasteiger partial charge in [0.2, 0.25) is 0 Å². The number of hydrogen-bond acceptors (Lipinski definition) is 12. The molecular weight excluding hydrogens is 809 g/mol. The highest BCUT2D eigenvalue weighted by Gasteiger charge is 2.13. The zero-order valence-corrected chi connectivity index (χ0v) is 35.5. The molecule has 4 heterocycles. The number of pyridine rings is 2. The minimum atomic E-state index is 0.213. The average Bonchev–Trinajstić information content (AvgIpc) is 4.20. The van der Waals surface area contributed by atoms with Gasteiger partial charge in [-0.2, -0.15) is 0 Å². The highest BCUT2D eigenvalue weighted by Crippen LogP contribution is 2.30. The van der Waals surface area contributed by atoms with Gasteiger partial charge in [-0.3, -0.25) is 0 Å². The van der Waals surface area contributed by atoms with E-state index in [2.05, 4.69) is 69.2 Å². The molecular formula is C50H50N8O6. The van der Waals surface area contributed by atoms with Crippen LogP contribution in [0.2, 0.25) is 0 Å². The summed E-state index contributed by atoms with van der Waals surface area (Å²) < 4.78 is 38.3. The largest absolute Gasteiger partial charge is 0.491 e. The molecule has 0 unspecified atom stereocenters. The SMILES string of the molecule is C1=CC(c2cn(CCOCCOCCOc3ccc(-c4ccc5ccc6ccc(-c7ccc(OCCOCCOCCn8cc(C9C=CC=C9)nn8)cc7)nc6c5n4)cc3)nn2)C=C1. The number of allylic oxidation sites excluding steroid dienone is 8. The zero-order valence-electron chi connectivity index (χ0n) is 35.5. The Morgan fingerprint density at radius 2 is 0.781 bits per heavy atom. The molecule has 9 rings (SSSR count). The van der Waals surface area contributed by atoms with Gasteiger partial charge >= 0.3 is 0 Å². The Morgan fingerprint density at radius 1 is 0.406 bits per heavy atom. The van der Waals surface area contributed by atoms with Crippen LogP contribution < -0.4 is 9.47 Å². The number of nitrogens with zero attached hydrogens (tertiary/aromatic N) is 8. The monoisotopic (exact) mass is 858 g/mol. The molecule has 14 heteroatoms. The number of hydrogen-bond donors (Lipinski definition) is 0. The fraction of sp³-hybridized carbons (Fsp3) is 0.280. The highest BCUT2D eigenvalue weighted by molar-refractivity contribution is 6.04. The lowest BCUT2D eigenvalue weighted by Crippen LogP contribution is -2.13. The molecule has 2 aliphatic rings. The molecule has 0 N–H and O–H groups in total. The van der Waals surface area contributed by atoms with Crippen molar-refractivity contribution >= 4 is 21.8 Å². The lowest BCUT2D eigenvalue weighted by atomic mass is 10.1. The Morgan fingerprint density at radius 3 is 1.20 bits per heavy atom. The van der Waals surface area contributed by atoms with Crippen molar-refractivity contribution in [1.29, 1.82) is 0 Å². The van der Waals surface area contributed by atoms with Gasteiger partial charge in [-0.05, 0) is 60.7 Å². The Labute approximate surface area is 371 Å². The summed E-state index contributed by atoms with van der Waals surface area (Å²) in [4.78, 5) is 10.2. The van der Waals surface area contributed by atoms with E-state index in [4.69, 9.17) is 38.4 Å². The molecule has 7 aromatic rings. The number of rotatable bonds is 24. The van der Waals surface area contributed by atoms with E-state index in [-0.39, 0.29) is 11.8 Å². The molecule has 0 spiro atoms. The first kappa shape index (κ1) is 42.5. The van der Waals surface area contributed by atoms with Crippen molar-refractivity contribution < 1.29 is 28.4 Å². The van der Waals surface area contributed by atoms with Crippen molar-refractivity contribution in [3.63, 3.8) is 0 Å². The molecule has 2 aliphatic carbocycles. The maximum atomic E-state index is 5.94. The summed E-state index contributed by atoms with van der Waals surface area (Å²) in [6.07, 6.45) is 20.4. The molecule has 0 saturated heterocycles. The maximum Gasteiger partial charge on any atom is 0.119 e. The van der Waals surface area contributed by atoms with Gasteiger partial charge in [-0.1, -0.05) is 83.3 Å². The molecule has 0 atom stereocenters. The van der Waals surface area contributed by atoms with Crippen LogP contribution in [0.1, 0.15) is 23.2 Å². The van der Waals surface area contributed by atoms with E-state index in [1.807, 2.05) is 107 Å². The summed E-state index contributed by atoms with van der Waals surface area (Å²) in [7, 11) is 0.